The highest BCUT2D eigenvalue weighted by atomic mass is 16.5. The minimum Gasteiger partial charge on any atom is -0.379 e. The summed E-state index contributed by atoms with van der Waals surface area (Å²) in [6, 6.07) is 36.9. The van der Waals surface area contributed by atoms with Crippen LogP contribution in [-0.2, 0) is 4.74 Å². The molecule has 0 bridgehead atoms. The minimum atomic E-state index is -0.0927. The van der Waals surface area contributed by atoms with Gasteiger partial charge in [-0.25, -0.2) is 9.78 Å². The number of morpholine rings is 1. The van der Waals surface area contributed by atoms with Crippen LogP contribution in [0.3, 0.4) is 0 Å². The number of aromatic amines is 1. The topological polar surface area (TPSA) is 73.5 Å². The molecule has 2 amide bonds. The van der Waals surface area contributed by atoms with Crippen molar-refractivity contribution in [3.63, 3.8) is 0 Å². The van der Waals surface area contributed by atoms with E-state index in [2.05, 4.69) is 63.7 Å². The lowest BCUT2D eigenvalue weighted by Gasteiger charge is -2.31. The SMILES string of the molecule is O=C(Nc1cccc(-c2nc3ccccc3[nH]2)c1)N(CCC(c1ccccc1)c1ccccc1)CCN1CCOCC1. The number of H-pyrrole nitrogens is 1. The molecule has 1 saturated heterocycles. The van der Waals surface area contributed by atoms with Gasteiger partial charge in [0.05, 0.1) is 24.2 Å². The molecule has 1 aliphatic rings. The van der Waals surface area contributed by atoms with E-state index < -0.39 is 0 Å². The lowest BCUT2D eigenvalue weighted by molar-refractivity contribution is 0.0351. The fourth-order valence-electron chi connectivity index (χ4n) is 5.62. The van der Waals surface area contributed by atoms with Gasteiger partial charge in [0.15, 0.2) is 0 Å². The third kappa shape index (κ3) is 6.87. The second-order valence-electron chi connectivity index (χ2n) is 10.7. The van der Waals surface area contributed by atoms with Crippen molar-refractivity contribution in [3.8, 4) is 11.4 Å². The van der Waals surface area contributed by atoms with Crippen molar-refractivity contribution in [2.75, 3.05) is 51.3 Å². The normalized spacial score (nSPS) is 13.8. The molecular formula is C35H37N5O2. The van der Waals surface area contributed by atoms with E-state index in [1.54, 1.807) is 0 Å². The number of ether oxygens (including phenoxy) is 1. The predicted molar refractivity (Wildman–Crippen MR) is 169 cm³/mol. The molecule has 7 nitrogen and oxygen atoms in total. The number of nitrogens with one attached hydrogen (secondary N) is 2. The monoisotopic (exact) mass is 559 g/mol. The second-order valence-corrected chi connectivity index (χ2v) is 10.7. The number of hydrogen-bond acceptors (Lipinski definition) is 4. The van der Waals surface area contributed by atoms with Gasteiger partial charge in [-0.1, -0.05) is 84.9 Å². The molecule has 0 atom stereocenters. The van der Waals surface area contributed by atoms with Gasteiger partial charge in [-0.15, -0.1) is 0 Å². The van der Waals surface area contributed by atoms with E-state index in [-0.39, 0.29) is 11.9 Å². The van der Waals surface area contributed by atoms with Gasteiger partial charge in [0.2, 0.25) is 0 Å². The maximum atomic E-state index is 13.8. The van der Waals surface area contributed by atoms with Crippen LogP contribution in [-0.4, -0.2) is 71.7 Å². The van der Waals surface area contributed by atoms with Gasteiger partial charge in [0, 0.05) is 49.9 Å². The molecule has 6 rings (SSSR count). The summed E-state index contributed by atoms with van der Waals surface area (Å²) in [5.41, 5.74) is 6.10. The fraction of sp³-hybridized carbons (Fsp3) is 0.257. The van der Waals surface area contributed by atoms with Crippen LogP contribution in [0.4, 0.5) is 10.5 Å². The quantitative estimate of drug-likeness (QED) is 0.202. The Morgan fingerprint density at radius 2 is 1.55 bits per heavy atom. The van der Waals surface area contributed by atoms with E-state index in [4.69, 9.17) is 9.72 Å². The van der Waals surface area contributed by atoms with Crippen molar-refractivity contribution < 1.29 is 9.53 Å². The van der Waals surface area contributed by atoms with Crippen LogP contribution < -0.4 is 5.32 Å². The number of aromatic nitrogens is 2. The molecule has 2 N–H and O–H groups in total. The van der Waals surface area contributed by atoms with Gasteiger partial charge in [0.25, 0.3) is 0 Å². The van der Waals surface area contributed by atoms with Gasteiger partial charge < -0.3 is 19.9 Å². The molecule has 0 saturated carbocycles. The number of rotatable bonds is 10. The van der Waals surface area contributed by atoms with Gasteiger partial charge in [0.1, 0.15) is 5.82 Å². The van der Waals surface area contributed by atoms with Crippen molar-refractivity contribution in [2.24, 2.45) is 0 Å². The Morgan fingerprint density at radius 3 is 2.26 bits per heavy atom. The zero-order chi connectivity index (χ0) is 28.6. The smallest absolute Gasteiger partial charge is 0.321 e. The van der Waals surface area contributed by atoms with E-state index in [0.717, 1.165) is 67.4 Å². The summed E-state index contributed by atoms with van der Waals surface area (Å²) in [5, 5.41) is 3.18. The number of hydrogen-bond donors (Lipinski definition) is 2. The highest BCUT2D eigenvalue weighted by molar-refractivity contribution is 5.90. The predicted octanol–water partition coefficient (Wildman–Crippen LogP) is 6.62. The maximum absolute atomic E-state index is 13.8. The molecule has 0 aliphatic carbocycles. The average molecular weight is 560 g/mol. The van der Waals surface area contributed by atoms with Crippen LogP contribution in [0, 0.1) is 0 Å². The number of nitrogens with zero attached hydrogens (tertiary/aromatic N) is 3. The van der Waals surface area contributed by atoms with E-state index in [1.165, 1.54) is 11.1 Å². The number of carbonyl (C=O) groups excluding carboxylic acids is 1. The number of para-hydroxylation sites is 2. The number of carbonyl (C=O) groups is 1. The second kappa shape index (κ2) is 13.5. The molecule has 0 unspecified atom stereocenters. The van der Waals surface area contributed by atoms with Gasteiger partial charge in [-0.05, 0) is 41.8 Å². The third-order valence-corrected chi connectivity index (χ3v) is 7.95. The molecule has 4 aromatic carbocycles. The summed E-state index contributed by atoms with van der Waals surface area (Å²) in [4.78, 5) is 26.3. The highest BCUT2D eigenvalue weighted by Gasteiger charge is 2.21. The summed E-state index contributed by atoms with van der Waals surface area (Å²) in [6.07, 6.45) is 0.823. The standard InChI is InChI=1S/C35H37N5O2/c41-35(36-30-15-9-14-29(26-30)34-37-32-16-7-8-17-33(32)38-34)40(21-20-39-22-24-42-25-23-39)19-18-31(27-10-3-1-4-11-27)28-12-5-2-6-13-28/h1-17,26,31H,18-25H2,(H,36,41)(H,37,38). The zero-order valence-corrected chi connectivity index (χ0v) is 23.8. The molecule has 214 valence electrons. The number of fused-ring (bicyclic) bond motifs is 1. The summed E-state index contributed by atoms with van der Waals surface area (Å²) < 4.78 is 5.53. The summed E-state index contributed by atoms with van der Waals surface area (Å²) in [5.74, 6) is 0.979. The summed E-state index contributed by atoms with van der Waals surface area (Å²) in [6.45, 7) is 5.36. The van der Waals surface area contributed by atoms with Crippen LogP contribution >= 0.6 is 0 Å². The molecule has 1 fully saturated rings. The Morgan fingerprint density at radius 1 is 0.857 bits per heavy atom. The lowest BCUT2D eigenvalue weighted by atomic mass is 9.88. The van der Waals surface area contributed by atoms with Crippen molar-refractivity contribution in [1.29, 1.82) is 0 Å². The van der Waals surface area contributed by atoms with Crippen LogP contribution in [0.5, 0.6) is 0 Å². The van der Waals surface area contributed by atoms with Gasteiger partial charge in [-0.3, -0.25) is 4.90 Å². The number of urea groups is 1. The van der Waals surface area contributed by atoms with E-state index in [1.807, 2.05) is 65.6 Å². The van der Waals surface area contributed by atoms with Crippen molar-refractivity contribution in [3.05, 3.63) is 120 Å². The van der Waals surface area contributed by atoms with Crippen molar-refractivity contribution in [2.45, 2.75) is 12.3 Å². The molecule has 0 radical (unpaired) electrons. The molecule has 42 heavy (non-hydrogen) atoms. The number of anilines is 1. The van der Waals surface area contributed by atoms with Crippen LogP contribution in [0.1, 0.15) is 23.5 Å². The number of benzene rings is 4. The highest BCUT2D eigenvalue weighted by Crippen LogP contribution is 2.28. The van der Waals surface area contributed by atoms with E-state index in [9.17, 15) is 4.79 Å². The molecule has 1 aromatic heterocycles. The van der Waals surface area contributed by atoms with E-state index >= 15 is 0 Å². The first-order valence-electron chi connectivity index (χ1n) is 14.7. The molecule has 0 spiro atoms. The fourth-order valence-corrected chi connectivity index (χ4v) is 5.62. The average Bonchev–Trinajstić information content (AvgIpc) is 3.49. The number of imidazole rings is 1. The zero-order valence-electron chi connectivity index (χ0n) is 23.8. The Bertz CT molecular complexity index is 1510. The van der Waals surface area contributed by atoms with Crippen LogP contribution in [0.2, 0.25) is 0 Å². The van der Waals surface area contributed by atoms with Crippen LogP contribution in [0.25, 0.3) is 22.4 Å². The molecular weight excluding hydrogens is 522 g/mol. The van der Waals surface area contributed by atoms with Gasteiger partial charge in [-0.2, -0.15) is 0 Å². The Balaban J connectivity index is 1.20. The molecule has 5 aromatic rings. The summed E-state index contributed by atoms with van der Waals surface area (Å²) >= 11 is 0. The first kappa shape index (κ1) is 27.7. The van der Waals surface area contributed by atoms with Gasteiger partial charge >= 0.3 is 6.03 Å². The van der Waals surface area contributed by atoms with Crippen LogP contribution in [0.15, 0.2) is 109 Å². The first-order chi connectivity index (χ1) is 20.7. The molecule has 1 aliphatic heterocycles. The van der Waals surface area contributed by atoms with Crippen molar-refractivity contribution in [1.82, 2.24) is 19.8 Å². The van der Waals surface area contributed by atoms with E-state index in [0.29, 0.717) is 13.1 Å². The minimum absolute atomic E-state index is 0.0927. The Hall–Kier alpha value is -4.46. The molecule has 2 heterocycles. The lowest BCUT2D eigenvalue weighted by Crippen LogP contribution is -2.44. The maximum Gasteiger partial charge on any atom is 0.321 e. The third-order valence-electron chi connectivity index (χ3n) is 7.95. The Kier molecular flexibility index (Phi) is 8.88. The van der Waals surface area contributed by atoms with Crippen molar-refractivity contribution >= 4 is 22.8 Å². The molecule has 7 heteroatoms. The first-order valence-corrected chi connectivity index (χ1v) is 14.7. The summed E-state index contributed by atoms with van der Waals surface area (Å²) in [7, 11) is 0. The number of amides is 2. The Labute approximate surface area is 247 Å². The largest absolute Gasteiger partial charge is 0.379 e.